The summed E-state index contributed by atoms with van der Waals surface area (Å²) in [5, 5.41) is 8.21. The third kappa shape index (κ3) is 3.19. The van der Waals surface area contributed by atoms with E-state index in [4.69, 9.17) is 11.6 Å². The molecule has 1 atom stereocenters. The van der Waals surface area contributed by atoms with Crippen molar-refractivity contribution in [1.29, 1.82) is 0 Å². The summed E-state index contributed by atoms with van der Waals surface area (Å²) in [5.41, 5.74) is 6.60. The van der Waals surface area contributed by atoms with Crippen molar-refractivity contribution in [3.63, 3.8) is 0 Å². The number of carbonyl (C=O) groups is 1. The number of aromatic amines is 1. The summed E-state index contributed by atoms with van der Waals surface area (Å²) in [6.07, 6.45) is 0. The normalized spacial score (nSPS) is 15.5. The molecule has 30 heavy (non-hydrogen) atoms. The van der Waals surface area contributed by atoms with Crippen LogP contribution >= 0.6 is 11.6 Å². The molecule has 1 aromatic heterocycles. The molecule has 4 aromatic rings. The minimum atomic E-state index is -0.210. The lowest BCUT2D eigenvalue weighted by molar-refractivity contribution is 0.0730. The highest BCUT2D eigenvalue weighted by Crippen LogP contribution is 2.43. The summed E-state index contributed by atoms with van der Waals surface area (Å²) in [7, 11) is 0. The largest absolute Gasteiger partial charge is 0.322 e. The maximum atomic E-state index is 13.4. The van der Waals surface area contributed by atoms with Gasteiger partial charge in [-0.2, -0.15) is 5.10 Å². The van der Waals surface area contributed by atoms with Crippen LogP contribution in [0.1, 0.15) is 38.8 Å². The van der Waals surface area contributed by atoms with E-state index in [-0.39, 0.29) is 11.9 Å². The third-order valence-electron chi connectivity index (χ3n) is 5.57. The molecule has 0 radical (unpaired) electrons. The van der Waals surface area contributed by atoms with Crippen LogP contribution in [0.2, 0.25) is 5.02 Å². The summed E-state index contributed by atoms with van der Waals surface area (Å²) in [4.78, 5) is 15.3. The second-order valence-electron chi connectivity index (χ2n) is 7.60. The summed E-state index contributed by atoms with van der Waals surface area (Å²) < 4.78 is 0. The molecule has 1 amide bonds. The molecule has 0 saturated carbocycles. The average molecular weight is 414 g/mol. The standard InChI is InChI=1S/C25H20ClN3O/c1-16-7-11-19(12-8-16)24-21-22(18-5-3-2-4-6-18)27-28-23(21)25(30)29(24)15-17-9-13-20(26)14-10-17/h2-14,24H,15H2,1H3,(H,27,28). The van der Waals surface area contributed by atoms with Gasteiger partial charge in [0.05, 0.1) is 11.7 Å². The fourth-order valence-corrected chi connectivity index (χ4v) is 4.18. The van der Waals surface area contributed by atoms with E-state index < -0.39 is 0 Å². The van der Waals surface area contributed by atoms with Crippen molar-refractivity contribution >= 4 is 17.5 Å². The van der Waals surface area contributed by atoms with E-state index in [1.165, 1.54) is 5.56 Å². The number of aryl methyl sites for hydroxylation is 1. The molecule has 2 heterocycles. The SMILES string of the molecule is Cc1ccc(C2c3c(-c4ccccc4)n[nH]c3C(=O)N2Cc2ccc(Cl)cc2)cc1. The van der Waals surface area contributed by atoms with Gasteiger partial charge < -0.3 is 4.90 Å². The van der Waals surface area contributed by atoms with Gasteiger partial charge in [-0.1, -0.05) is 83.9 Å². The summed E-state index contributed by atoms with van der Waals surface area (Å²) in [6, 6.07) is 25.8. The van der Waals surface area contributed by atoms with Gasteiger partial charge in [0.2, 0.25) is 0 Å². The Bertz CT molecular complexity index is 1200. The van der Waals surface area contributed by atoms with Gasteiger partial charge in [-0.15, -0.1) is 0 Å². The van der Waals surface area contributed by atoms with Gasteiger partial charge in [-0.25, -0.2) is 0 Å². The van der Waals surface area contributed by atoms with Gasteiger partial charge in [0.25, 0.3) is 5.91 Å². The van der Waals surface area contributed by atoms with E-state index >= 15 is 0 Å². The van der Waals surface area contributed by atoms with Crippen molar-refractivity contribution in [3.8, 4) is 11.3 Å². The number of halogens is 1. The lowest BCUT2D eigenvalue weighted by Crippen LogP contribution is -2.29. The highest BCUT2D eigenvalue weighted by atomic mass is 35.5. The predicted octanol–water partition coefficient (Wildman–Crippen LogP) is 5.78. The van der Waals surface area contributed by atoms with Gasteiger partial charge in [-0.05, 0) is 30.2 Å². The average Bonchev–Trinajstić information content (AvgIpc) is 3.31. The number of nitrogens with zero attached hydrogens (tertiary/aromatic N) is 2. The Balaban J connectivity index is 1.63. The Kier molecular flexibility index (Phi) is 4.64. The molecule has 1 aliphatic rings. The molecule has 0 bridgehead atoms. The highest BCUT2D eigenvalue weighted by Gasteiger charge is 2.42. The predicted molar refractivity (Wildman–Crippen MR) is 118 cm³/mol. The Hall–Kier alpha value is -3.37. The zero-order chi connectivity index (χ0) is 20.7. The number of H-pyrrole nitrogens is 1. The highest BCUT2D eigenvalue weighted by molar-refractivity contribution is 6.30. The van der Waals surface area contributed by atoms with Crippen molar-refractivity contribution < 1.29 is 4.79 Å². The Morgan fingerprint density at radius 3 is 2.37 bits per heavy atom. The Morgan fingerprint density at radius 2 is 1.67 bits per heavy atom. The molecular formula is C25H20ClN3O. The number of nitrogens with one attached hydrogen (secondary N) is 1. The minimum absolute atomic E-state index is 0.0415. The second-order valence-corrected chi connectivity index (χ2v) is 8.04. The van der Waals surface area contributed by atoms with Gasteiger partial charge in [-0.3, -0.25) is 9.89 Å². The molecule has 0 fully saturated rings. The van der Waals surface area contributed by atoms with Gasteiger partial charge >= 0.3 is 0 Å². The Labute approximate surface area is 180 Å². The Morgan fingerprint density at radius 1 is 0.967 bits per heavy atom. The summed E-state index contributed by atoms with van der Waals surface area (Å²) in [6.45, 7) is 2.55. The van der Waals surface area contributed by atoms with Gasteiger partial charge in [0, 0.05) is 22.7 Å². The first-order chi connectivity index (χ1) is 14.6. The topological polar surface area (TPSA) is 49.0 Å². The van der Waals surface area contributed by atoms with E-state index in [1.807, 2.05) is 59.5 Å². The first-order valence-electron chi connectivity index (χ1n) is 9.87. The van der Waals surface area contributed by atoms with E-state index in [2.05, 4.69) is 41.4 Å². The van der Waals surface area contributed by atoms with Crippen LogP contribution in [0.3, 0.4) is 0 Å². The number of hydrogen-bond donors (Lipinski definition) is 1. The van der Waals surface area contributed by atoms with Gasteiger partial charge in [0.15, 0.2) is 0 Å². The zero-order valence-electron chi connectivity index (χ0n) is 16.5. The number of aromatic nitrogens is 2. The van der Waals surface area contributed by atoms with Crippen LogP contribution in [0.5, 0.6) is 0 Å². The van der Waals surface area contributed by atoms with E-state index in [0.717, 1.165) is 27.9 Å². The van der Waals surface area contributed by atoms with Crippen LogP contribution in [-0.4, -0.2) is 21.0 Å². The molecule has 5 rings (SSSR count). The lowest BCUT2D eigenvalue weighted by atomic mass is 9.95. The molecule has 3 aromatic carbocycles. The number of fused-ring (bicyclic) bond motifs is 1. The van der Waals surface area contributed by atoms with Crippen molar-refractivity contribution in [3.05, 3.63) is 112 Å². The smallest absolute Gasteiger partial charge is 0.273 e. The van der Waals surface area contributed by atoms with Crippen LogP contribution in [-0.2, 0) is 6.54 Å². The first kappa shape index (κ1) is 18.6. The number of amides is 1. The zero-order valence-corrected chi connectivity index (χ0v) is 17.2. The second kappa shape index (κ2) is 7.47. The molecule has 0 aliphatic carbocycles. The number of rotatable bonds is 4. The molecule has 5 heteroatoms. The third-order valence-corrected chi connectivity index (χ3v) is 5.82. The molecular weight excluding hydrogens is 394 g/mol. The van der Waals surface area contributed by atoms with Gasteiger partial charge in [0.1, 0.15) is 5.69 Å². The number of hydrogen-bond acceptors (Lipinski definition) is 2. The first-order valence-corrected chi connectivity index (χ1v) is 10.3. The maximum absolute atomic E-state index is 13.4. The van der Waals surface area contributed by atoms with Crippen molar-refractivity contribution in [2.75, 3.05) is 0 Å². The van der Waals surface area contributed by atoms with Crippen LogP contribution in [0.4, 0.5) is 0 Å². The van der Waals surface area contributed by atoms with E-state index in [9.17, 15) is 4.79 Å². The van der Waals surface area contributed by atoms with Crippen molar-refractivity contribution in [2.45, 2.75) is 19.5 Å². The summed E-state index contributed by atoms with van der Waals surface area (Å²) >= 11 is 6.05. The summed E-state index contributed by atoms with van der Waals surface area (Å²) in [5.74, 6) is -0.0415. The van der Waals surface area contributed by atoms with Crippen LogP contribution in [0, 0.1) is 6.92 Å². The molecule has 0 spiro atoms. The van der Waals surface area contributed by atoms with Crippen molar-refractivity contribution in [1.82, 2.24) is 15.1 Å². The molecule has 1 aliphatic heterocycles. The number of carbonyl (C=O) groups excluding carboxylic acids is 1. The molecule has 1 N–H and O–H groups in total. The molecule has 148 valence electrons. The lowest BCUT2D eigenvalue weighted by Gasteiger charge is -2.26. The van der Waals surface area contributed by atoms with Crippen molar-refractivity contribution in [2.24, 2.45) is 0 Å². The molecule has 1 unspecified atom stereocenters. The maximum Gasteiger partial charge on any atom is 0.273 e. The fourth-order valence-electron chi connectivity index (χ4n) is 4.06. The minimum Gasteiger partial charge on any atom is -0.322 e. The molecule has 0 saturated heterocycles. The van der Waals surface area contributed by atoms with Crippen LogP contribution in [0.25, 0.3) is 11.3 Å². The van der Waals surface area contributed by atoms with E-state index in [0.29, 0.717) is 17.3 Å². The number of benzene rings is 3. The monoisotopic (exact) mass is 413 g/mol. The van der Waals surface area contributed by atoms with Crippen LogP contribution < -0.4 is 0 Å². The molecule has 4 nitrogen and oxygen atoms in total. The van der Waals surface area contributed by atoms with Crippen LogP contribution in [0.15, 0.2) is 78.9 Å². The fraction of sp³-hybridized carbons (Fsp3) is 0.120. The quantitative estimate of drug-likeness (QED) is 0.460. The van der Waals surface area contributed by atoms with E-state index in [1.54, 1.807) is 0 Å².